The van der Waals surface area contributed by atoms with Gasteiger partial charge in [0.25, 0.3) is 0 Å². The number of benzene rings is 7. The first kappa shape index (κ1) is 24.6. The summed E-state index contributed by atoms with van der Waals surface area (Å²) in [5.41, 5.74) is 9.82. The van der Waals surface area contributed by atoms with E-state index in [4.69, 9.17) is 0 Å². The van der Waals surface area contributed by atoms with Gasteiger partial charge < -0.3 is 4.90 Å². The third kappa shape index (κ3) is 3.30. The number of hydrogen-bond donors (Lipinski definition) is 0. The molecule has 3 aliphatic carbocycles. The first-order chi connectivity index (χ1) is 21.8. The van der Waals surface area contributed by atoms with Crippen molar-refractivity contribution in [3.63, 3.8) is 0 Å². The Morgan fingerprint density at radius 2 is 1.20 bits per heavy atom. The van der Waals surface area contributed by atoms with Gasteiger partial charge in [0.15, 0.2) is 0 Å². The van der Waals surface area contributed by atoms with E-state index in [1.54, 1.807) is 11.1 Å². The molecular weight excluding hydrogens is 530 g/mol. The molecule has 2 bridgehead atoms. The van der Waals surface area contributed by atoms with Crippen LogP contribution in [-0.2, 0) is 5.41 Å². The van der Waals surface area contributed by atoms with E-state index in [1.165, 1.54) is 86.2 Å². The van der Waals surface area contributed by atoms with Crippen molar-refractivity contribution in [2.24, 2.45) is 11.8 Å². The van der Waals surface area contributed by atoms with E-state index in [0.717, 1.165) is 11.8 Å². The van der Waals surface area contributed by atoms with Gasteiger partial charge >= 0.3 is 0 Å². The summed E-state index contributed by atoms with van der Waals surface area (Å²) in [6.07, 6.45) is 5.43. The molecule has 0 N–H and O–H groups in total. The summed E-state index contributed by atoms with van der Waals surface area (Å²) in [5, 5.41) is 7.69. The SMILES string of the molecule is c1ccc2c(c1)-c1c(N(c3ccc4ccccc4c3)c3ccc4c(ccc5ccccc54)c3)cccc1C21CC2CCC1C2. The number of hydrogen-bond acceptors (Lipinski definition) is 1. The standard InChI is InChI=1S/C43H33N/c1-2-10-31-25-34(21-19-29(31)8-1)44(35-22-23-37-32(26-35)18-17-30-9-3-4-11-36(30)37)41-15-7-14-40-42(41)38-12-5-6-13-39(38)43(40)27-28-16-20-33(43)24-28/h1-15,17-19,21-23,25-26,28,33H,16,20,24,27H2. The first-order valence-electron chi connectivity index (χ1n) is 16.2. The smallest absolute Gasteiger partial charge is 0.0543 e. The van der Waals surface area contributed by atoms with Crippen LogP contribution in [0.4, 0.5) is 17.1 Å². The zero-order chi connectivity index (χ0) is 28.8. The van der Waals surface area contributed by atoms with E-state index < -0.39 is 0 Å². The van der Waals surface area contributed by atoms with Gasteiger partial charge in [-0.25, -0.2) is 0 Å². The molecule has 10 rings (SSSR count). The average Bonchev–Trinajstić information content (AvgIpc) is 3.78. The van der Waals surface area contributed by atoms with Crippen molar-refractivity contribution in [3.05, 3.63) is 151 Å². The third-order valence-corrected chi connectivity index (χ3v) is 11.3. The molecule has 44 heavy (non-hydrogen) atoms. The molecule has 7 aromatic carbocycles. The van der Waals surface area contributed by atoms with E-state index in [1.807, 2.05) is 0 Å². The largest absolute Gasteiger partial charge is 0.310 e. The molecule has 1 nitrogen and oxygen atoms in total. The minimum absolute atomic E-state index is 0.155. The molecule has 0 aromatic heterocycles. The van der Waals surface area contributed by atoms with Crippen LogP contribution in [0.2, 0.25) is 0 Å². The van der Waals surface area contributed by atoms with Crippen LogP contribution in [0.3, 0.4) is 0 Å². The molecule has 0 aliphatic heterocycles. The van der Waals surface area contributed by atoms with E-state index >= 15 is 0 Å². The van der Waals surface area contributed by atoms with Gasteiger partial charge in [-0.05, 0) is 110 Å². The van der Waals surface area contributed by atoms with Gasteiger partial charge in [-0.1, -0.05) is 116 Å². The monoisotopic (exact) mass is 563 g/mol. The van der Waals surface area contributed by atoms with E-state index in [-0.39, 0.29) is 5.41 Å². The summed E-state index contributed by atoms with van der Waals surface area (Å²) in [5.74, 6) is 1.60. The highest BCUT2D eigenvalue weighted by atomic mass is 15.1. The predicted molar refractivity (Wildman–Crippen MR) is 185 cm³/mol. The maximum absolute atomic E-state index is 2.53. The molecule has 7 aromatic rings. The highest BCUT2D eigenvalue weighted by Crippen LogP contribution is 2.67. The van der Waals surface area contributed by atoms with Crippen molar-refractivity contribution in [2.45, 2.75) is 31.1 Å². The van der Waals surface area contributed by atoms with Crippen LogP contribution in [0, 0.1) is 11.8 Å². The molecule has 1 spiro atoms. The zero-order valence-corrected chi connectivity index (χ0v) is 24.7. The molecule has 0 heterocycles. The van der Waals surface area contributed by atoms with Gasteiger partial charge in [0.05, 0.1) is 5.69 Å². The number of anilines is 3. The van der Waals surface area contributed by atoms with Crippen molar-refractivity contribution < 1.29 is 0 Å². The molecule has 3 unspecified atom stereocenters. The Labute approximate surface area is 258 Å². The Balaban J connectivity index is 1.25. The Morgan fingerprint density at radius 3 is 2.07 bits per heavy atom. The lowest BCUT2D eigenvalue weighted by atomic mass is 9.67. The van der Waals surface area contributed by atoms with Gasteiger partial charge in [0.1, 0.15) is 0 Å². The second-order valence-corrected chi connectivity index (χ2v) is 13.4. The van der Waals surface area contributed by atoms with E-state index in [0.29, 0.717) is 0 Å². The summed E-state index contributed by atoms with van der Waals surface area (Å²) in [7, 11) is 0. The lowest BCUT2D eigenvalue weighted by Gasteiger charge is -2.37. The maximum Gasteiger partial charge on any atom is 0.0543 e. The van der Waals surface area contributed by atoms with Crippen molar-refractivity contribution >= 4 is 49.4 Å². The van der Waals surface area contributed by atoms with Crippen LogP contribution in [0.5, 0.6) is 0 Å². The molecule has 2 saturated carbocycles. The number of rotatable bonds is 3. The second kappa shape index (κ2) is 9.07. The third-order valence-electron chi connectivity index (χ3n) is 11.3. The summed E-state index contributed by atoms with van der Waals surface area (Å²) in [6, 6.07) is 52.5. The Morgan fingerprint density at radius 1 is 0.523 bits per heavy atom. The molecule has 2 fully saturated rings. The second-order valence-electron chi connectivity index (χ2n) is 13.4. The zero-order valence-electron chi connectivity index (χ0n) is 24.7. The van der Waals surface area contributed by atoms with Crippen molar-refractivity contribution in [1.29, 1.82) is 0 Å². The van der Waals surface area contributed by atoms with E-state index in [2.05, 4.69) is 144 Å². The van der Waals surface area contributed by atoms with Gasteiger partial charge in [-0.3, -0.25) is 0 Å². The molecule has 0 amide bonds. The van der Waals surface area contributed by atoms with Gasteiger partial charge in [-0.15, -0.1) is 0 Å². The fourth-order valence-corrected chi connectivity index (χ4v) is 9.49. The van der Waals surface area contributed by atoms with Crippen LogP contribution < -0.4 is 4.90 Å². The minimum Gasteiger partial charge on any atom is -0.310 e. The van der Waals surface area contributed by atoms with E-state index in [9.17, 15) is 0 Å². The number of fused-ring (bicyclic) bond motifs is 12. The van der Waals surface area contributed by atoms with Crippen LogP contribution in [-0.4, -0.2) is 0 Å². The molecular formula is C43H33N. The van der Waals surface area contributed by atoms with Crippen molar-refractivity contribution in [2.75, 3.05) is 4.90 Å². The predicted octanol–water partition coefficient (Wildman–Crippen LogP) is 11.7. The van der Waals surface area contributed by atoms with Gasteiger partial charge in [-0.2, -0.15) is 0 Å². The van der Waals surface area contributed by atoms with Crippen LogP contribution in [0.15, 0.2) is 140 Å². The van der Waals surface area contributed by atoms with Crippen molar-refractivity contribution in [1.82, 2.24) is 0 Å². The number of nitrogens with zero attached hydrogens (tertiary/aromatic N) is 1. The lowest BCUT2D eigenvalue weighted by molar-refractivity contribution is 0.327. The summed E-state index contributed by atoms with van der Waals surface area (Å²) in [4.78, 5) is 2.53. The Kier molecular flexibility index (Phi) is 5.06. The maximum atomic E-state index is 2.53. The molecule has 3 atom stereocenters. The van der Waals surface area contributed by atoms with Crippen molar-refractivity contribution in [3.8, 4) is 11.1 Å². The van der Waals surface area contributed by atoms with Crippen LogP contribution >= 0.6 is 0 Å². The summed E-state index contributed by atoms with van der Waals surface area (Å²) in [6.45, 7) is 0. The molecule has 210 valence electrons. The highest BCUT2D eigenvalue weighted by molar-refractivity contribution is 6.09. The van der Waals surface area contributed by atoms with Gasteiger partial charge in [0, 0.05) is 22.4 Å². The average molecular weight is 564 g/mol. The lowest BCUT2D eigenvalue weighted by Crippen LogP contribution is -2.31. The molecule has 1 heteroatoms. The van der Waals surface area contributed by atoms with Crippen LogP contribution in [0.1, 0.15) is 36.8 Å². The highest BCUT2D eigenvalue weighted by Gasteiger charge is 2.57. The fourth-order valence-electron chi connectivity index (χ4n) is 9.49. The molecule has 0 saturated heterocycles. The minimum atomic E-state index is 0.155. The quantitative estimate of drug-likeness (QED) is 0.193. The first-order valence-corrected chi connectivity index (χ1v) is 16.2. The summed E-state index contributed by atoms with van der Waals surface area (Å²) >= 11 is 0. The van der Waals surface area contributed by atoms with Gasteiger partial charge in [0.2, 0.25) is 0 Å². The normalized spacial score (nSPS) is 21.4. The van der Waals surface area contributed by atoms with Crippen LogP contribution in [0.25, 0.3) is 43.4 Å². The Bertz CT molecular complexity index is 2280. The fraction of sp³-hybridized carbons (Fsp3) is 0.163. The Hall–Kier alpha value is -4.88. The topological polar surface area (TPSA) is 3.24 Å². The molecule has 0 radical (unpaired) electrons. The summed E-state index contributed by atoms with van der Waals surface area (Å²) < 4.78 is 0. The molecule has 3 aliphatic rings.